The van der Waals surface area contributed by atoms with E-state index in [1.807, 2.05) is 12.1 Å². The van der Waals surface area contributed by atoms with Gasteiger partial charge in [-0.1, -0.05) is 43.5 Å². The van der Waals surface area contributed by atoms with Crippen molar-refractivity contribution in [2.75, 3.05) is 34.4 Å². The van der Waals surface area contributed by atoms with Crippen molar-refractivity contribution in [1.29, 1.82) is 0 Å². The van der Waals surface area contributed by atoms with Crippen molar-refractivity contribution in [3.05, 3.63) is 46.7 Å². The molecule has 0 aromatic heterocycles. The highest BCUT2D eigenvalue weighted by Gasteiger charge is 2.56. The molecular weight excluding hydrogens is 520 g/mol. The number of unbranched alkanes of at least 4 members (excludes halogenated alkanes) is 4. The third-order valence-electron chi connectivity index (χ3n) is 8.49. The first kappa shape index (κ1) is 29.2. The lowest BCUT2D eigenvalue weighted by Gasteiger charge is -2.56. The van der Waals surface area contributed by atoms with Gasteiger partial charge in [0.2, 0.25) is 0 Å². The van der Waals surface area contributed by atoms with Crippen molar-refractivity contribution in [2.45, 2.75) is 69.2 Å². The average molecular weight is 559 g/mol. The molecule has 0 spiro atoms. The van der Waals surface area contributed by atoms with Gasteiger partial charge in [0.1, 0.15) is 0 Å². The molecule has 0 radical (unpaired) electrons. The number of ketones is 1. The number of nitrogens with zero attached hydrogens (tertiary/aromatic N) is 1. The van der Waals surface area contributed by atoms with Crippen LogP contribution in [0.5, 0.6) is 11.5 Å². The quantitative estimate of drug-likeness (QED) is 0.175. The maximum Gasteiger partial charge on any atom is 0.311 e. The van der Waals surface area contributed by atoms with Gasteiger partial charge in [-0.3, -0.25) is 14.4 Å². The zero-order chi connectivity index (χ0) is 28.2. The smallest absolute Gasteiger partial charge is 0.311 e. The minimum absolute atomic E-state index is 0.0122. The number of likely N-dealkylation sites (N-methyl/N-ethyl adjacent to an activating group) is 1. The summed E-state index contributed by atoms with van der Waals surface area (Å²) in [4.78, 5) is 39.9. The Morgan fingerprint density at radius 3 is 2.62 bits per heavy atom. The van der Waals surface area contributed by atoms with Crippen LogP contribution in [0.15, 0.2) is 35.6 Å². The zero-order valence-electron chi connectivity index (χ0n) is 23.1. The Kier molecular flexibility index (Phi) is 9.39. The normalized spacial score (nSPS) is 23.7. The first-order valence-corrected chi connectivity index (χ1v) is 14.1. The first-order chi connectivity index (χ1) is 18.7. The Hall–Kier alpha value is -2.84. The van der Waals surface area contributed by atoms with Gasteiger partial charge < -0.3 is 24.4 Å². The number of carbonyl (C=O) groups is 3. The number of amides is 1. The molecule has 39 heavy (non-hydrogen) atoms. The van der Waals surface area contributed by atoms with E-state index in [9.17, 15) is 14.4 Å². The fraction of sp³-hybridized carbons (Fsp3) is 0.567. The van der Waals surface area contributed by atoms with Gasteiger partial charge in [0.15, 0.2) is 23.0 Å². The van der Waals surface area contributed by atoms with E-state index in [0.29, 0.717) is 43.1 Å². The molecule has 212 valence electrons. The minimum Gasteiger partial charge on any atom is -0.493 e. The molecular formula is C30H39ClN2O6. The Balaban J connectivity index is 1.45. The summed E-state index contributed by atoms with van der Waals surface area (Å²) in [6.45, 7) is 4.81. The van der Waals surface area contributed by atoms with Gasteiger partial charge in [0.05, 0.1) is 19.3 Å². The maximum absolute atomic E-state index is 13.1. The number of nitrogens with one attached hydrogen (secondary N) is 1. The summed E-state index contributed by atoms with van der Waals surface area (Å²) in [5, 5.41) is 2.70. The molecule has 2 bridgehead atoms. The Bertz CT molecular complexity index is 1160. The van der Waals surface area contributed by atoms with E-state index >= 15 is 0 Å². The fourth-order valence-electron chi connectivity index (χ4n) is 6.50. The van der Waals surface area contributed by atoms with E-state index < -0.39 is 5.41 Å². The summed E-state index contributed by atoms with van der Waals surface area (Å²) < 4.78 is 17.2. The number of carbonyl (C=O) groups excluding carboxylic acids is 3. The molecule has 1 saturated heterocycles. The number of likely N-dealkylation sites (tertiary alicyclic amines) is 1. The van der Waals surface area contributed by atoms with E-state index in [1.165, 1.54) is 0 Å². The predicted molar refractivity (Wildman–Crippen MR) is 149 cm³/mol. The lowest BCUT2D eigenvalue weighted by molar-refractivity contribution is -0.134. The van der Waals surface area contributed by atoms with Gasteiger partial charge >= 0.3 is 5.97 Å². The van der Waals surface area contributed by atoms with E-state index in [2.05, 4.69) is 29.9 Å². The number of piperidine rings is 1. The second-order valence-corrected chi connectivity index (χ2v) is 11.3. The lowest BCUT2D eigenvalue weighted by atomic mass is 9.53. The first-order valence-electron chi connectivity index (χ1n) is 13.7. The lowest BCUT2D eigenvalue weighted by Crippen LogP contribution is -2.60. The van der Waals surface area contributed by atoms with Crippen LogP contribution in [0.1, 0.15) is 62.5 Å². The number of fused-ring (bicyclic) bond motifs is 1. The molecule has 1 fully saturated rings. The summed E-state index contributed by atoms with van der Waals surface area (Å²) in [7, 11) is 5.26. The number of allylic oxidation sites excluding steroid dienone is 1. The van der Waals surface area contributed by atoms with Crippen molar-refractivity contribution >= 4 is 29.3 Å². The molecule has 0 saturated carbocycles. The SMILES string of the molecule is C=C(Cl)C(=O)NCCCCCCCC(=O)Oc1c(OC)ccc2c1[C@@]13CCN(C)[C@@H](C2)[C@H]1C=C(OC)C(=O)C3. The number of halogens is 1. The molecule has 3 atom stereocenters. The summed E-state index contributed by atoms with van der Waals surface area (Å²) in [5.41, 5.74) is 1.60. The molecule has 9 heteroatoms. The van der Waals surface area contributed by atoms with Gasteiger partial charge in [-0.15, -0.1) is 0 Å². The van der Waals surface area contributed by atoms with E-state index in [1.54, 1.807) is 14.2 Å². The minimum atomic E-state index is -0.459. The van der Waals surface area contributed by atoms with Crippen LogP contribution in [0, 0.1) is 5.92 Å². The molecule has 8 nitrogen and oxygen atoms in total. The second-order valence-electron chi connectivity index (χ2n) is 10.8. The van der Waals surface area contributed by atoms with Crippen LogP contribution in [0.25, 0.3) is 0 Å². The number of hydrogen-bond acceptors (Lipinski definition) is 7. The largest absolute Gasteiger partial charge is 0.493 e. The molecule has 1 N–H and O–H groups in total. The monoisotopic (exact) mass is 558 g/mol. The van der Waals surface area contributed by atoms with E-state index in [0.717, 1.165) is 56.2 Å². The molecule has 1 aliphatic heterocycles. The molecule has 1 aromatic carbocycles. The van der Waals surface area contributed by atoms with Crippen molar-refractivity contribution in [3.8, 4) is 11.5 Å². The number of benzene rings is 1. The highest BCUT2D eigenvalue weighted by atomic mass is 35.5. The molecule has 0 unspecified atom stereocenters. The molecule has 2 aliphatic carbocycles. The fourth-order valence-corrected chi connectivity index (χ4v) is 6.56. The van der Waals surface area contributed by atoms with Crippen molar-refractivity contribution in [3.63, 3.8) is 0 Å². The predicted octanol–water partition coefficient (Wildman–Crippen LogP) is 4.43. The number of ether oxygens (including phenoxy) is 3. The van der Waals surface area contributed by atoms with Gasteiger partial charge in [-0.05, 0) is 57.0 Å². The van der Waals surface area contributed by atoms with Gasteiger partial charge in [0, 0.05) is 42.3 Å². The van der Waals surface area contributed by atoms with Crippen LogP contribution >= 0.6 is 11.6 Å². The summed E-state index contributed by atoms with van der Waals surface area (Å²) in [6.07, 6.45) is 8.52. The van der Waals surface area contributed by atoms with Crippen LogP contribution in [0.4, 0.5) is 0 Å². The Morgan fingerprint density at radius 2 is 1.90 bits per heavy atom. The standard InChI is InChI=1S/C30H39ClN2O6/c1-19(31)29(36)32-14-9-7-5-6-8-10-26(35)39-28-24(37-3)12-11-20-16-22-21-17-25(38-4)23(34)18-30(21,27(20)28)13-15-33(22)2/h11-12,17,21-22H,1,5-10,13-16,18H2,2-4H3,(H,32,36)/t21-,22+,30-/m1/s1. The van der Waals surface area contributed by atoms with Gasteiger partial charge in [-0.25, -0.2) is 0 Å². The third kappa shape index (κ3) is 6.02. The Morgan fingerprint density at radius 1 is 1.15 bits per heavy atom. The molecule has 4 rings (SSSR count). The van der Waals surface area contributed by atoms with Crippen molar-refractivity contribution in [1.82, 2.24) is 10.2 Å². The highest BCUT2D eigenvalue weighted by molar-refractivity contribution is 6.41. The highest BCUT2D eigenvalue weighted by Crippen LogP contribution is 2.58. The van der Waals surface area contributed by atoms with Crippen molar-refractivity contribution < 1.29 is 28.6 Å². The second kappa shape index (κ2) is 12.6. The molecule has 1 heterocycles. The van der Waals surface area contributed by atoms with Crippen molar-refractivity contribution in [2.24, 2.45) is 5.92 Å². The summed E-state index contributed by atoms with van der Waals surface area (Å²) in [5.74, 6) is 0.827. The topological polar surface area (TPSA) is 94.2 Å². The Labute approximate surface area is 235 Å². The summed E-state index contributed by atoms with van der Waals surface area (Å²) in [6, 6.07) is 4.16. The number of rotatable bonds is 12. The maximum atomic E-state index is 13.1. The number of hydrogen-bond donors (Lipinski definition) is 1. The van der Waals surface area contributed by atoms with Crippen LogP contribution in [-0.4, -0.2) is 63.0 Å². The third-order valence-corrected chi connectivity index (χ3v) is 8.66. The average Bonchev–Trinajstić information content (AvgIpc) is 2.91. The molecule has 1 amide bonds. The van der Waals surface area contributed by atoms with Crippen LogP contribution in [0.3, 0.4) is 0 Å². The number of Topliss-reactive ketones (excluding diaryl/α,β-unsaturated/α-hetero) is 1. The summed E-state index contributed by atoms with van der Waals surface area (Å²) >= 11 is 5.56. The zero-order valence-corrected chi connectivity index (χ0v) is 23.9. The van der Waals surface area contributed by atoms with Crippen LogP contribution in [0.2, 0.25) is 0 Å². The van der Waals surface area contributed by atoms with Gasteiger partial charge in [0.25, 0.3) is 5.91 Å². The molecule has 1 aromatic rings. The number of methoxy groups -OCH3 is 2. The molecule has 3 aliphatic rings. The van der Waals surface area contributed by atoms with Crippen LogP contribution in [-0.2, 0) is 31.0 Å². The van der Waals surface area contributed by atoms with Gasteiger partial charge in [-0.2, -0.15) is 0 Å². The van der Waals surface area contributed by atoms with E-state index in [-0.39, 0.29) is 34.7 Å². The number of esters is 1. The van der Waals surface area contributed by atoms with E-state index in [4.69, 9.17) is 25.8 Å². The van der Waals surface area contributed by atoms with Crippen LogP contribution < -0.4 is 14.8 Å².